The lowest BCUT2D eigenvalue weighted by molar-refractivity contribution is 0.0444. The van der Waals surface area contributed by atoms with Gasteiger partial charge in [-0.2, -0.15) is 0 Å². The highest BCUT2D eigenvalue weighted by molar-refractivity contribution is 9.10. The number of benzene rings is 1. The predicted molar refractivity (Wildman–Crippen MR) is 126 cm³/mol. The lowest BCUT2D eigenvalue weighted by Gasteiger charge is -2.18. The van der Waals surface area contributed by atoms with Gasteiger partial charge in [0.1, 0.15) is 18.3 Å². The smallest absolute Gasteiger partial charge is 0.199 e. The number of nitrogens with one attached hydrogen (secondary N) is 1. The number of aryl methyl sites for hydroxylation is 1. The van der Waals surface area contributed by atoms with Crippen molar-refractivity contribution in [3.63, 3.8) is 0 Å². The van der Waals surface area contributed by atoms with Gasteiger partial charge in [0.25, 0.3) is 0 Å². The fourth-order valence-electron chi connectivity index (χ4n) is 4.32. The molecule has 9 heteroatoms. The molecule has 1 aliphatic rings. The molecule has 0 unspecified atom stereocenters. The highest BCUT2D eigenvalue weighted by atomic mass is 79.9. The average Bonchev–Trinajstić information content (AvgIpc) is 3.34. The molecule has 0 saturated heterocycles. The molecule has 2 heterocycles. The summed E-state index contributed by atoms with van der Waals surface area (Å²) in [4.78, 5) is 21.5. The molecule has 1 aliphatic carbocycles. The van der Waals surface area contributed by atoms with Crippen molar-refractivity contribution < 1.29 is 19.4 Å². The Morgan fingerprint density at radius 1 is 1.36 bits per heavy atom. The Hall–Kier alpha value is -2.62. The molecule has 7 nitrogen and oxygen atoms in total. The van der Waals surface area contributed by atoms with E-state index in [2.05, 4.69) is 31.2 Å². The quantitative estimate of drug-likeness (QED) is 0.397. The zero-order valence-corrected chi connectivity index (χ0v) is 19.7. The first kappa shape index (κ1) is 23.5. The minimum absolute atomic E-state index is 0.214. The van der Waals surface area contributed by atoms with Crippen molar-refractivity contribution in [1.82, 2.24) is 14.5 Å². The van der Waals surface area contributed by atoms with Crippen LogP contribution in [-0.4, -0.2) is 55.5 Å². The Bertz CT molecular complexity index is 1140. The van der Waals surface area contributed by atoms with Crippen molar-refractivity contribution in [3.05, 3.63) is 75.9 Å². The molecule has 0 spiro atoms. The summed E-state index contributed by atoms with van der Waals surface area (Å²) in [6.45, 7) is 2.35. The van der Waals surface area contributed by atoms with Gasteiger partial charge in [-0.3, -0.25) is 4.79 Å². The molecule has 0 bridgehead atoms. The summed E-state index contributed by atoms with van der Waals surface area (Å²) in [5.74, 6) is -0.614. The van der Waals surface area contributed by atoms with Crippen LogP contribution in [0, 0.1) is 5.92 Å². The van der Waals surface area contributed by atoms with Gasteiger partial charge in [0.15, 0.2) is 5.78 Å². The van der Waals surface area contributed by atoms with E-state index in [0.717, 1.165) is 22.2 Å². The van der Waals surface area contributed by atoms with Gasteiger partial charge in [-0.05, 0) is 36.6 Å². The van der Waals surface area contributed by atoms with Gasteiger partial charge in [0.05, 0.1) is 17.7 Å². The first-order chi connectivity index (χ1) is 15.9. The Morgan fingerprint density at radius 2 is 2.18 bits per heavy atom. The number of carbonyl (C=O) groups is 1. The maximum absolute atomic E-state index is 14.5. The zero-order valence-electron chi connectivity index (χ0n) is 18.2. The Labute approximate surface area is 199 Å². The molecule has 0 radical (unpaired) electrons. The monoisotopic (exact) mass is 516 g/mol. The second kappa shape index (κ2) is 10.1. The van der Waals surface area contributed by atoms with Gasteiger partial charge in [-0.15, -0.1) is 0 Å². The van der Waals surface area contributed by atoms with Gasteiger partial charge in [0.2, 0.25) is 0 Å². The summed E-state index contributed by atoms with van der Waals surface area (Å²) in [5, 5.41) is 22.3. The van der Waals surface area contributed by atoms with Crippen LogP contribution in [0.15, 0.2) is 53.5 Å². The summed E-state index contributed by atoms with van der Waals surface area (Å²) >= 11 is 3.49. The van der Waals surface area contributed by atoms with E-state index in [1.807, 2.05) is 48.0 Å². The Balaban J connectivity index is 1.58. The number of aliphatic hydroxyl groups excluding tert-OH is 2. The van der Waals surface area contributed by atoms with Gasteiger partial charge in [-0.25, -0.2) is 14.4 Å². The average molecular weight is 517 g/mol. The van der Waals surface area contributed by atoms with Crippen LogP contribution in [0.2, 0.25) is 0 Å². The minimum atomic E-state index is -1.57. The van der Waals surface area contributed by atoms with E-state index in [9.17, 15) is 19.4 Å². The normalized spacial score (nSPS) is 22.5. The lowest BCUT2D eigenvalue weighted by atomic mass is 10.1. The molecule has 2 aromatic heterocycles. The molecule has 3 aromatic rings. The van der Waals surface area contributed by atoms with Crippen molar-refractivity contribution in [1.29, 1.82) is 0 Å². The SMILES string of the molecule is CCc1cc(C(=O)c2cncnc2N[C@@H]2C[C@H](CO)[C@@H](O)[C@@H]2F)cn1Cc1cccc(Br)c1. The molecule has 0 amide bonds. The number of ketones is 1. The first-order valence-electron chi connectivity index (χ1n) is 10.9. The number of aromatic nitrogens is 3. The van der Waals surface area contributed by atoms with Crippen LogP contribution in [0.3, 0.4) is 0 Å². The fraction of sp³-hybridized carbons (Fsp3) is 0.375. The molecular formula is C24H26BrFN4O3. The van der Waals surface area contributed by atoms with E-state index in [1.165, 1.54) is 12.5 Å². The maximum Gasteiger partial charge on any atom is 0.199 e. The number of rotatable bonds is 8. The molecule has 1 aromatic carbocycles. The number of halogens is 2. The fourth-order valence-corrected chi connectivity index (χ4v) is 4.76. The molecule has 4 rings (SSSR count). The third-order valence-electron chi connectivity index (χ3n) is 6.12. The molecule has 1 fully saturated rings. The van der Waals surface area contributed by atoms with Gasteiger partial charge in [0, 0.05) is 47.2 Å². The van der Waals surface area contributed by atoms with E-state index in [1.54, 1.807) is 0 Å². The molecule has 174 valence electrons. The lowest BCUT2D eigenvalue weighted by Crippen LogP contribution is -2.32. The van der Waals surface area contributed by atoms with Crippen molar-refractivity contribution in [2.45, 2.75) is 44.6 Å². The number of hydrogen-bond acceptors (Lipinski definition) is 6. The van der Waals surface area contributed by atoms with Crippen LogP contribution >= 0.6 is 15.9 Å². The number of anilines is 1. The molecule has 33 heavy (non-hydrogen) atoms. The van der Waals surface area contributed by atoms with Crippen LogP contribution in [0.25, 0.3) is 0 Å². The standard InChI is InChI=1S/C24H26BrFN4O3/c1-2-18-7-15(11-30(18)10-14-4-3-5-17(25)6-14)22(32)19-9-27-13-28-24(19)29-20-8-16(12-31)23(33)21(20)26/h3-7,9,11,13,16,20-21,23,31,33H,2,8,10,12H2,1H3,(H,27,28,29)/t16-,20-,21-,23-/m1/s1. The molecular weight excluding hydrogens is 491 g/mol. The summed E-state index contributed by atoms with van der Waals surface area (Å²) in [6.07, 6.45) is 2.68. The van der Waals surface area contributed by atoms with Crippen LogP contribution in [-0.2, 0) is 13.0 Å². The number of nitrogens with zero attached hydrogens (tertiary/aromatic N) is 3. The van der Waals surface area contributed by atoms with E-state index in [4.69, 9.17) is 0 Å². The zero-order chi connectivity index (χ0) is 23.5. The minimum Gasteiger partial charge on any atom is -0.396 e. The van der Waals surface area contributed by atoms with E-state index in [-0.39, 0.29) is 30.2 Å². The topological polar surface area (TPSA) is 100 Å². The number of hydrogen-bond donors (Lipinski definition) is 3. The maximum atomic E-state index is 14.5. The van der Waals surface area contributed by atoms with Crippen LogP contribution < -0.4 is 5.32 Å². The van der Waals surface area contributed by atoms with Crippen molar-refractivity contribution in [2.75, 3.05) is 11.9 Å². The predicted octanol–water partition coefficient (Wildman–Crippen LogP) is 3.37. The summed E-state index contributed by atoms with van der Waals surface area (Å²) in [6, 6.07) is 9.10. The second-order valence-electron chi connectivity index (χ2n) is 8.31. The number of carbonyl (C=O) groups excluding carboxylic acids is 1. The first-order valence-corrected chi connectivity index (χ1v) is 11.7. The largest absolute Gasteiger partial charge is 0.396 e. The van der Waals surface area contributed by atoms with E-state index >= 15 is 0 Å². The van der Waals surface area contributed by atoms with E-state index in [0.29, 0.717) is 12.1 Å². The molecule has 0 aliphatic heterocycles. The highest BCUT2D eigenvalue weighted by Crippen LogP contribution is 2.31. The van der Waals surface area contributed by atoms with Crippen molar-refractivity contribution >= 4 is 27.5 Å². The van der Waals surface area contributed by atoms with Gasteiger partial charge >= 0.3 is 0 Å². The summed E-state index contributed by atoms with van der Waals surface area (Å²) < 4.78 is 17.6. The summed E-state index contributed by atoms with van der Waals surface area (Å²) in [7, 11) is 0. The molecule has 4 atom stereocenters. The Morgan fingerprint density at radius 3 is 2.88 bits per heavy atom. The second-order valence-corrected chi connectivity index (χ2v) is 9.23. The third-order valence-corrected chi connectivity index (χ3v) is 6.61. The summed E-state index contributed by atoms with van der Waals surface area (Å²) in [5.41, 5.74) is 2.84. The molecule has 3 N–H and O–H groups in total. The van der Waals surface area contributed by atoms with E-state index < -0.39 is 24.2 Å². The Kier molecular flexibility index (Phi) is 7.21. The van der Waals surface area contributed by atoms with Gasteiger partial charge < -0.3 is 20.1 Å². The van der Waals surface area contributed by atoms with Crippen LogP contribution in [0.1, 0.15) is 40.5 Å². The molecule has 1 saturated carbocycles. The number of alkyl halides is 1. The van der Waals surface area contributed by atoms with Crippen molar-refractivity contribution in [2.24, 2.45) is 5.92 Å². The van der Waals surface area contributed by atoms with Crippen molar-refractivity contribution in [3.8, 4) is 0 Å². The number of aliphatic hydroxyl groups is 2. The highest BCUT2D eigenvalue weighted by Gasteiger charge is 2.43. The van der Waals surface area contributed by atoms with Gasteiger partial charge in [-0.1, -0.05) is 35.0 Å². The third kappa shape index (κ3) is 5.00. The van der Waals surface area contributed by atoms with Crippen LogP contribution in [0.5, 0.6) is 0 Å². The van der Waals surface area contributed by atoms with Crippen LogP contribution in [0.4, 0.5) is 10.2 Å².